The van der Waals surface area contributed by atoms with E-state index in [0.717, 1.165) is 12.0 Å². The molecule has 0 saturated carbocycles. The van der Waals surface area contributed by atoms with E-state index in [4.69, 9.17) is 26.8 Å². The van der Waals surface area contributed by atoms with Crippen LogP contribution >= 0.6 is 11.6 Å². The maximum Gasteiger partial charge on any atom is 0.347 e. The van der Waals surface area contributed by atoms with Crippen LogP contribution in [0.25, 0.3) is 0 Å². The van der Waals surface area contributed by atoms with Crippen LogP contribution in [0.3, 0.4) is 0 Å². The number of halogens is 1. The van der Waals surface area contributed by atoms with E-state index < -0.39 is 6.10 Å². The van der Waals surface area contributed by atoms with Gasteiger partial charge < -0.3 is 15.2 Å². The number of benzene rings is 1. The zero-order valence-corrected chi connectivity index (χ0v) is 12.9. The molecule has 1 aromatic rings. The normalized spacial score (nSPS) is 13.7. The molecule has 5 heteroatoms. The van der Waals surface area contributed by atoms with Gasteiger partial charge in [-0.2, -0.15) is 0 Å². The lowest BCUT2D eigenvalue weighted by Crippen LogP contribution is -2.30. The number of esters is 1. The SMILES string of the molecule is CCCC(Oc1ccc(Cl)cc1[C@@H](C)N)C(=O)OCC. The number of nitrogens with two attached hydrogens (primary N) is 1. The fourth-order valence-corrected chi connectivity index (χ4v) is 2.04. The van der Waals surface area contributed by atoms with Gasteiger partial charge in [0, 0.05) is 16.6 Å². The van der Waals surface area contributed by atoms with Crippen molar-refractivity contribution in [1.29, 1.82) is 0 Å². The van der Waals surface area contributed by atoms with Crippen molar-refractivity contribution < 1.29 is 14.3 Å². The van der Waals surface area contributed by atoms with Crippen LogP contribution in [-0.2, 0) is 9.53 Å². The van der Waals surface area contributed by atoms with Gasteiger partial charge in [0.1, 0.15) is 5.75 Å². The fourth-order valence-electron chi connectivity index (χ4n) is 1.86. The van der Waals surface area contributed by atoms with E-state index in [0.29, 0.717) is 23.8 Å². The predicted octanol–water partition coefficient (Wildman–Crippen LogP) is 3.47. The zero-order chi connectivity index (χ0) is 15.1. The Hall–Kier alpha value is -1.26. The number of carbonyl (C=O) groups is 1. The Morgan fingerprint density at radius 3 is 2.65 bits per heavy atom. The summed E-state index contributed by atoms with van der Waals surface area (Å²) < 4.78 is 10.8. The summed E-state index contributed by atoms with van der Waals surface area (Å²) in [5, 5.41) is 0.591. The molecule has 0 amide bonds. The van der Waals surface area contributed by atoms with Crippen molar-refractivity contribution in [3.63, 3.8) is 0 Å². The number of rotatable bonds is 7. The molecule has 0 bridgehead atoms. The third kappa shape index (κ3) is 4.69. The quantitative estimate of drug-likeness (QED) is 0.783. The van der Waals surface area contributed by atoms with Crippen molar-refractivity contribution in [3.05, 3.63) is 28.8 Å². The average Bonchev–Trinajstić information content (AvgIpc) is 2.40. The second-order valence-corrected chi connectivity index (χ2v) is 5.05. The summed E-state index contributed by atoms with van der Waals surface area (Å²) in [6.07, 6.45) is 0.809. The Morgan fingerprint density at radius 1 is 1.40 bits per heavy atom. The van der Waals surface area contributed by atoms with Gasteiger partial charge in [-0.3, -0.25) is 0 Å². The molecule has 4 nitrogen and oxygen atoms in total. The molecule has 0 heterocycles. The second kappa shape index (κ2) is 8.12. The first-order valence-corrected chi connectivity index (χ1v) is 7.25. The number of hydrogen-bond acceptors (Lipinski definition) is 4. The van der Waals surface area contributed by atoms with E-state index in [1.54, 1.807) is 25.1 Å². The van der Waals surface area contributed by atoms with Crippen LogP contribution < -0.4 is 10.5 Å². The van der Waals surface area contributed by atoms with E-state index in [-0.39, 0.29) is 12.0 Å². The third-order valence-electron chi connectivity index (χ3n) is 2.83. The van der Waals surface area contributed by atoms with Gasteiger partial charge in [0.2, 0.25) is 0 Å². The summed E-state index contributed by atoms with van der Waals surface area (Å²) in [5.41, 5.74) is 6.69. The van der Waals surface area contributed by atoms with Gasteiger partial charge in [-0.15, -0.1) is 0 Å². The highest BCUT2D eigenvalue weighted by molar-refractivity contribution is 6.30. The number of ether oxygens (including phenoxy) is 2. The van der Waals surface area contributed by atoms with Gasteiger partial charge in [-0.05, 0) is 38.5 Å². The third-order valence-corrected chi connectivity index (χ3v) is 3.07. The van der Waals surface area contributed by atoms with Gasteiger partial charge in [0.05, 0.1) is 6.61 Å². The first-order valence-electron chi connectivity index (χ1n) is 6.87. The molecule has 0 aliphatic carbocycles. The Labute approximate surface area is 125 Å². The molecule has 2 N–H and O–H groups in total. The Balaban J connectivity index is 2.95. The van der Waals surface area contributed by atoms with Crippen LogP contribution in [0, 0.1) is 0 Å². The summed E-state index contributed by atoms with van der Waals surface area (Å²) in [4.78, 5) is 11.9. The highest BCUT2D eigenvalue weighted by Gasteiger charge is 2.22. The predicted molar refractivity (Wildman–Crippen MR) is 80.0 cm³/mol. The van der Waals surface area contributed by atoms with Crippen LogP contribution in [0.15, 0.2) is 18.2 Å². The first kappa shape index (κ1) is 16.8. The zero-order valence-electron chi connectivity index (χ0n) is 12.2. The first-order chi connectivity index (χ1) is 9.49. The lowest BCUT2D eigenvalue weighted by Gasteiger charge is -2.20. The number of hydrogen-bond donors (Lipinski definition) is 1. The van der Waals surface area contributed by atoms with Gasteiger partial charge in [-0.1, -0.05) is 24.9 Å². The van der Waals surface area contributed by atoms with Crippen molar-refractivity contribution in [2.24, 2.45) is 5.73 Å². The topological polar surface area (TPSA) is 61.5 Å². The minimum absolute atomic E-state index is 0.229. The Kier molecular flexibility index (Phi) is 6.82. The van der Waals surface area contributed by atoms with E-state index >= 15 is 0 Å². The highest BCUT2D eigenvalue weighted by Crippen LogP contribution is 2.28. The van der Waals surface area contributed by atoms with E-state index in [1.807, 2.05) is 13.8 Å². The molecule has 0 saturated heterocycles. The summed E-state index contributed by atoms with van der Waals surface area (Å²) in [7, 11) is 0. The van der Waals surface area contributed by atoms with Gasteiger partial charge in [-0.25, -0.2) is 4.79 Å². The maximum absolute atomic E-state index is 11.9. The molecule has 0 aliphatic heterocycles. The van der Waals surface area contributed by atoms with Crippen LogP contribution in [0.4, 0.5) is 0 Å². The van der Waals surface area contributed by atoms with Gasteiger partial charge in [0.25, 0.3) is 0 Å². The molecule has 0 spiro atoms. The van der Waals surface area contributed by atoms with Gasteiger partial charge in [0.15, 0.2) is 6.10 Å². The molecule has 0 aliphatic rings. The highest BCUT2D eigenvalue weighted by atomic mass is 35.5. The molecule has 1 rings (SSSR count). The Bertz CT molecular complexity index is 449. The van der Waals surface area contributed by atoms with E-state index in [1.165, 1.54) is 0 Å². The molecule has 20 heavy (non-hydrogen) atoms. The van der Waals surface area contributed by atoms with Crippen molar-refractivity contribution in [3.8, 4) is 5.75 Å². The molecular formula is C15H22ClNO3. The van der Waals surface area contributed by atoms with Crippen LogP contribution in [-0.4, -0.2) is 18.7 Å². The van der Waals surface area contributed by atoms with E-state index in [9.17, 15) is 4.79 Å². The maximum atomic E-state index is 11.9. The summed E-state index contributed by atoms with van der Waals surface area (Å²) in [6, 6.07) is 4.99. The second-order valence-electron chi connectivity index (χ2n) is 4.62. The Morgan fingerprint density at radius 2 is 2.10 bits per heavy atom. The smallest absolute Gasteiger partial charge is 0.347 e. The minimum atomic E-state index is -0.612. The molecule has 1 aromatic carbocycles. The molecule has 112 valence electrons. The fraction of sp³-hybridized carbons (Fsp3) is 0.533. The lowest BCUT2D eigenvalue weighted by atomic mass is 10.1. The lowest BCUT2D eigenvalue weighted by molar-refractivity contribution is -0.151. The largest absolute Gasteiger partial charge is 0.478 e. The van der Waals surface area contributed by atoms with E-state index in [2.05, 4.69) is 0 Å². The van der Waals surface area contributed by atoms with Crippen LogP contribution in [0.1, 0.15) is 45.2 Å². The molecule has 0 radical (unpaired) electrons. The van der Waals surface area contributed by atoms with Gasteiger partial charge >= 0.3 is 5.97 Å². The number of carbonyl (C=O) groups excluding carboxylic acids is 1. The summed E-state index contributed by atoms with van der Waals surface area (Å²) in [6.45, 7) is 5.95. The molecule has 2 atom stereocenters. The van der Waals surface area contributed by atoms with Crippen molar-refractivity contribution in [2.45, 2.75) is 45.8 Å². The van der Waals surface area contributed by atoms with Crippen LogP contribution in [0.5, 0.6) is 5.75 Å². The average molecular weight is 300 g/mol. The summed E-state index contributed by atoms with van der Waals surface area (Å²) in [5.74, 6) is 0.232. The van der Waals surface area contributed by atoms with Crippen molar-refractivity contribution >= 4 is 17.6 Å². The molecule has 0 fully saturated rings. The van der Waals surface area contributed by atoms with Crippen molar-refractivity contribution in [2.75, 3.05) is 6.61 Å². The monoisotopic (exact) mass is 299 g/mol. The minimum Gasteiger partial charge on any atom is -0.478 e. The summed E-state index contributed by atoms with van der Waals surface area (Å²) >= 11 is 5.97. The van der Waals surface area contributed by atoms with Crippen molar-refractivity contribution in [1.82, 2.24) is 0 Å². The van der Waals surface area contributed by atoms with Crippen LogP contribution in [0.2, 0.25) is 5.02 Å². The molecular weight excluding hydrogens is 278 g/mol. The molecule has 1 unspecified atom stereocenters. The molecule has 0 aromatic heterocycles. The standard InChI is InChI=1S/C15H22ClNO3/c1-4-6-14(15(18)19-5-2)20-13-8-7-11(16)9-12(13)10(3)17/h7-10,14H,4-6,17H2,1-3H3/t10-,14?/m1/s1.